The van der Waals surface area contributed by atoms with Gasteiger partial charge < -0.3 is 16.0 Å². The van der Waals surface area contributed by atoms with Crippen LogP contribution in [0.3, 0.4) is 0 Å². The molecule has 34 heavy (non-hydrogen) atoms. The van der Waals surface area contributed by atoms with Crippen molar-refractivity contribution in [3.63, 3.8) is 0 Å². The van der Waals surface area contributed by atoms with E-state index in [0.29, 0.717) is 26.1 Å². The van der Waals surface area contributed by atoms with Crippen LogP contribution in [0.1, 0.15) is 62.6 Å². The maximum absolute atomic E-state index is 13.7. The number of amides is 3. The number of guanidine groups is 1. The Labute approximate surface area is 210 Å². The predicted molar refractivity (Wildman–Crippen MR) is 138 cm³/mol. The first kappa shape index (κ1) is 25.7. The summed E-state index contributed by atoms with van der Waals surface area (Å²) < 4.78 is 0.906. The van der Waals surface area contributed by atoms with Crippen molar-refractivity contribution in [2.45, 2.75) is 64.6 Å². The predicted octanol–water partition coefficient (Wildman–Crippen LogP) is 5.00. The van der Waals surface area contributed by atoms with Crippen molar-refractivity contribution in [2.75, 3.05) is 6.54 Å². The number of hydrogen-bond acceptors (Lipinski definition) is 3. The molecule has 0 aliphatic carbocycles. The molecule has 1 unspecified atom stereocenters. The first-order chi connectivity index (χ1) is 16.4. The van der Waals surface area contributed by atoms with Crippen molar-refractivity contribution in [2.24, 2.45) is 0 Å². The Morgan fingerprint density at radius 2 is 1.76 bits per heavy atom. The molecule has 0 saturated carbocycles. The Morgan fingerprint density at radius 3 is 2.44 bits per heavy atom. The number of halogens is 1. The summed E-state index contributed by atoms with van der Waals surface area (Å²) in [6.07, 6.45) is 4.46. The Morgan fingerprint density at radius 1 is 1.06 bits per heavy atom. The molecule has 3 amide bonds. The lowest BCUT2D eigenvalue weighted by molar-refractivity contribution is -0.132. The molecule has 3 rings (SSSR count). The van der Waals surface area contributed by atoms with Crippen molar-refractivity contribution in [3.8, 4) is 0 Å². The number of urea groups is 1. The number of carbonyl (C=O) groups is 2. The molecular weight excluding hydrogens is 494 g/mol. The maximum atomic E-state index is 13.7. The Bertz CT molecular complexity index is 1010. The first-order valence-corrected chi connectivity index (χ1v) is 12.7. The molecule has 2 aromatic rings. The van der Waals surface area contributed by atoms with Crippen molar-refractivity contribution in [1.29, 1.82) is 5.41 Å². The maximum Gasteiger partial charge on any atom is 0.315 e. The summed E-state index contributed by atoms with van der Waals surface area (Å²) in [5.41, 5.74) is 1.84. The zero-order valence-electron chi connectivity index (χ0n) is 19.9. The van der Waals surface area contributed by atoms with Crippen LogP contribution in [0.5, 0.6) is 0 Å². The molecule has 1 aliphatic rings. The van der Waals surface area contributed by atoms with Gasteiger partial charge in [0.05, 0.1) is 6.54 Å². The smallest absolute Gasteiger partial charge is 0.315 e. The summed E-state index contributed by atoms with van der Waals surface area (Å²) in [5.74, 6) is 0.0223. The number of carbonyl (C=O) groups excluding carboxylic acids is 2. The fourth-order valence-corrected chi connectivity index (χ4v) is 4.48. The molecule has 1 atom stereocenters. The minimum atomic E-state index is -0.925. The lowest BCUT2D eigenvalue weighted by Crippen LogP contribution is -2.44. The lowest BCUT2D eigenvalue weighted by atomic mass is 9.85. The van der Waals surface area contributed by atoms with Gasteiger partial charge in [0.25, 0.3) is 5.91 Å². The highest BCUT2D eigenvalue weighted by atomic mass is 79.9. The van der Waals surface area contributed by atoms with E-state index < -0.39 is 5.54 Å². The van der Waals surface area contributed by atoms with Crippen molar-refractivity contribution >= 4 is 33.8 Å². The summed E-state index contributed by atoms with van der Waals surface area (Å²) in [6.45, 7) is 5.60. The number of nitrogens with zero attached hydrogens (tertiary/aromatic N) is 1. The van der Waals surface area contributed by atoms with E-state index in [0.717, 1.165) is 46.8 Å². The summed E-state index contributed by atoms with van der Waals surface area (Å²) in [7, 11) is 0. The zero-order valence-corrected chi connectivity index (χ0v) is 21.5. The molecule has 182 valence electrons. The molecule has 0 spiro atoms. The highest BCUT2D eigenvalue weighted by Crippen LogP contribution is 2.35. The molecule has 1 heterocycles. The lowest BCUT2D eigenvalue weighted by Gasteiger charge is -2.28. The van der Waals surface area contributed by atoms with E-state index in [1.54, 1.807) is 0 Å². The highest BCUT2D eigenvalue weighted by Gasteiger charge is 2.50. The summed E-state index contributed by atoms with van der Waals surface area (Å²) in [5, 5.41) is 17.4. The van der Waals surface area contributed by atoms with Crippen LogP contribution < -0.4 is 16.0 Å². The third kappa shape index (κ3) is 6.17. The molecule has 1 aliphatic heterocycles. The second-order valence-corrected chi connectivity index (χ2v) is 9.58. The van der Waals surface area contributed by atoms with Gasteiger partial charge in [0.1, 0.15) is 5.54 Å². The van der Waals surface area contributed by atoms with Crippen LogP contribution >= 0.6 is 15.9 Å². The topological polar surface area (TPSA) is 97.3 Å². The van der Waals surface area contributed by atoms with E-state index in [9.17, 15) is 9.59 Å². The van der Waals surface area contributed by atoms with Gasteiger partial charge in [-0.1, -0.05) is 85.4 Å². The van der Waals surface area contributed by atoms with Gasteiger partial charge in [0, 0.05) is 17.6 Å². The number of rotatable bonds is 11. The van der Waals surface area contributed by atoms with E-state index in [2.05, 4.69) is 45.7 Å². The molecule has 8 heteroatoms. The van der Waals surface area contributed by atoms with E-state index in [4.69, 9.17) is 5.41 Å². The summed E-state index contributed by atoms with van der Waals surface area (Å²) in [6, 6.07) is 15.4. The van der Waals surface area contributed by atoms with Crippen LogP contribution in [0.15, 0.2) is 53.0 Å². The second kappa shape index (κ2) is 12.0. The number of nitrogens with one attached hydrogen (secondary N) is 4. The quantitative estimate of drug-likeness (QED) is 0.309. The van der Waals surface area contributed by atoms with Crippen LogP contribution in [0.4, 0.5) is 4.79 Å². The first-order valence-electron chi connectivity index (χ1n) is 11.9. The molecule has 0 aromatic heterocycles. The average molecular weight is 528 g/mol. The number of benzene rings is 2. The number of hydrogen-bond donors (Lipinski definition) is 4. The SMILES string of the molecule is CCCCNC(=O)NCc1ccc(CN2C(=N)NC(CCCC)(c3cccc(Br)c3)C2=O)cc1. The third-order valence-electron chi connectivity index (χ3n) is 6.07. The van der Waals surface area contributed by atoms with Gasteiger partial charge in [-0.3, -0.25) is 15.1 Å². The largest absolute Gasteiger partial charge is 0.338 e. The van der Waals surface area contributed by atoms with Crippen molar-refractivity contribution in [3.05, 3.63) is 69.7 Å². The van der Waals surface area contributed by atoms with Gasteiger partial charge in [-0.25, -0.2) is 4.79 Å². The molecule has 0 bridgehead atoms. The third-order valence-corrected chi connectivity index (χ3v) is 6.56. The van der Waals surface area contributed by atoms with Crippen molar-refractivity contribution in [1.82, 2.24) is 20.9 Å². The fourth-order valence-electron chi connectivity index (χ4n) is 4.08. The second-order valence-electron chi connectivity index (χ2n) is 8.66. The van der Waals surface area contributed by atoms with Gasteiger partial charge >= 0.3 is 6.03 Å². The van der Waals surface area contributed by atoms with Crippen molar-refractivity contribution < 1.29 is 9.59 Å². The molecule has 4 N–H and O–H groups in total. The van der Waals surface area contributed by atoms with Gasteiger partial charge in [-0.15, -0.1) is 0 Å². The van der Waals surface area contributed by atoms with Gasteiger partial charge in [-0.2, -0.15) is 0 Å². The monoisotopic (exact) mass is 527 g/mol. The van der Waals surface area contributed by atoms with E-state index >= 15 is 0 Å². The highest BCUT2D eigenvalue weighted by molar-refractivity contribution is 9.10. The Hall–Kier alpha value is -2.87. The average Bonchev–Trinajstić information content (AvgIpc) is 3.07. The molecule has 0 radical (unpaired) electrons. The van der Waals surface area contributed by atoms with Crippen LogP contribution in [0.2, 0.25) is 0 Å². The van der Waals surface area contributed by atoms with E-state index in [1.165, 1.54) is 4.90 Å². The minimum Gasteiger partial charge on any atom is -0.338 e. The minimum absolute atomic E-state index is 0.0986. The summed E-state index contributed by atoms with van der Waals surface area (Å²) >= 11 is 3.51. The Kier molecular flexibility index (Phi) is 9.10. The molecule has 2 aromatic carbocycles. The molecule has 1 fully saturated rings. The fraction of sp³-hybridized carbons (Fsp3) is 0.423. The van der Waals surface area contributed by atoms with Crippen LogP contribution in [-0.4, -0.2) is 29.3 Å². The number of unbranched alkanes of at least 4 members (excludes halogenated alkanes) is 2. The van der Waals surface area contributed by atoms with E-state index in [1.807, 2.05) is 48.5 Å². The standard InChI is InChI=1S/C26H34BrN5O2/c1-3-5-14-26(21-8-7-9-22(27)16-21)23(33)32(24(28)31-26)18-20-12-10-19(11-13-20)17-30-25(34)29-15-6-4-2/h7-13,16H,3-6,14-15,17-18H2,1-2H3,(H2,28,31)(H2,29,30,34). The van der Waals surface area contributed by atoms with Gasteiger partial charge in [0.15, 0.2) is 5.96 Å². The van der Waals surface area contributed by atoms with Gasteiger partial charge in [-0.05, 0) is 41.7 Å². The normalized spacial score (nSPS) is 17.6. The van der Waals surface area contributed by atoms with Crippen LogP contribution in [0.25, 0.3) is 0 Å². The Balaban J connectivity index is 1.67. The molecule has 7 nitrogen and oxygen atoms in total. The zero-order chi connectivity index (χ0) is 24.6. The van der Waals surface area contributed by atoms with Gasteiger partial charge in [0.2, 0.25) is 0 Å². The molecule has 1 saturated heterocycles. The van der Waals surface area contributed by atoms with E-state index in [-0.39, 0.29) is 17.9 Å². The molecular formula is C26H34BrN5O2. The van der Waals surface area contributed by atoms with Crippen LogP contribution in [-0.2, 0) is 23.4 Å². The summed E-state index contributed by atoms with van der Waals surface area (Å²) in [4.78, 5) is 27.0. The van der Waals surface area contributed by atoms with Crippen LogP contribution in [0, 0.1) is 5.41 Å².